The normalized spacial score (nSPS) is 10.6. The Morgan fingerprint density at radius 1 is 1.05 bits per heavy atom. The Balaban J connectivity index is 2.26. The zero-order chi connectivity index (χ0) is 15.6. The first-order valence-electron chi connectivity index (χ1n) is 6.76. The summed E-state index contributed by atoms with van der Waals surface area (Å²) in [6.07, 6.45) is 0. The van der Waals surface area contributed by atoms with E-state index < -0.39 is 0 Å². The van der Waals surface area contributed by atoms with E-state index in [1.54, 1.807) is 7.11 Å². The predicted molar refractivity (Wildman–Crippen MR) is 93.7 cm³/mol. The molecule has 0 atom stereocenters. The number of halogens is 2. The fourth-order valence-electron chi connectivity index (χ4n) is 2.30. The van der Waals surface area contributed by atoms with E-state index in [2.05, 4.69) is 54.2 Å². The Morgan fingerprint density at radius 3 is 2.38 bits per heavy atom. The van der Waals surface area contributed by atoms with Crippen LogP contribution in [-0.4, -0.2) is 7.11 Å². The van der Waals surface area contributed by atoms with Crippen LogP contribution in [0.25, 0.3) is 0 Å². The molecule has 0 aliphatic carbocycles. The molecule has 2 aromatic rings. The van der Waals surface area contributed by atoms with Crippen LogP contribution in [0.15, 0.2) is 28.7 Å². The van der Waals surface area contributed by atoms with Crippen molar-refractivity contribution in [3.8, 4) is 5.75 Å². The SMILES string of the molecule is COc1c(Br)cc(Cl)cc1NCc1cc(C)c(C)cc1C. The number of methoxy groups -OCH3 is 1. The molecule has 2 nitrogen and oxygen atoms in total. The van der Waals surface area contributed by atoms with Crippen LogP contribution in [0.5, 0.6) is 5.75 Å². The first kappa shape index (κ1) is 16.2. The van der Waals surface area contributed by atoms with E-state index in [1.165, 1.54) is 22.3 Å². The first-order chi connectivity index (χ1) is 9.92. The molecule has 0 spiro atoms. The molecule has 21 heavy (non-hydrogen) atoms. The van der Waals surface area contributed by atoms with Gasteiger partial charge in [-0.15, -0.1) is 0 Å². The van der Waals surface area contributed by atoms with Crippen molar-refractivity contribution in [1.82, 2.24) is 0 Å². The monoisotopic (exact) mass is 367 g/mol. The van der Waals surface area contributed by atoms with Gasteiger partial charge in [0.2, 0.25) is 0 Å². The first-order valence-corrected chi connectivity index (χ1v) is 7.93. The maximum Gasteiger partial charge on any atom is 0.156 e. The lowest BCUT2D eigenvalue weighted by Gasteiger charge is -2.15. The summed E-state index contributed by atoms with van der Waals surface area (Å²) >= 11 is 9.58. The largest absolute Gasteiger partial charge is 0.493 e. The van der Waals surface area contributed by atoms with Crippen LogP contribution in [0.1, 0.15) is 22.3 Å². The molecule has 2 aromatic carbocycles. The van der Waals surface area contributed by atoms with Crippen molar-refractivity contribution in [3.63, 3.8) is 0 Å². The quantitative estimate of drug-likeness (QED) is 0.753. The second-order valence-corrected chi connectivity index (χ2v) is 6.48. The van der Waals surface area contributed by atoms with E-state index in [4.69, 9.17) is 16.3 Å². The van der Waals surface area contributed by atoms with Gasteiger partial charge in [0.1, 0.15) is 0 Å². The number of benzene rings is 2. The molecule has 0 saturated carbocycles. The van der Waals surface area contributed by atoms with Crippen LogP contribution < -0.4 is 10.1 Å². The number of ether oxygens (including phenoxy) is 1. The van der Waals surface area contributed by atoms with Gasteiger partial charge in [-0.25, -0.2) is 0 Å². The second kappa shape index (κ2) is 6.71. The van der Waals surface area contributed by atoms with E-state index in [0.717, 1.165) is 22.5 Å². The summed E-state index contributed by atoms with van der Waals surface area (Å²) in [5.41, 5.74) is 6.06. The summed E-state index contributed by atoms with van der Waals surface area (Å²) in [5.74, 6) is 0.765. The van der Waals surface area contributed by atoms with Gasteiger partial charge in [-0.3, -0.25) is 0 Å². The molecule has 0 aromatic heterocycles. The third-order valence-corrected chi connectivity index (χ3v) is 4.44. The van der Waals surface area contributed by atoms with Crippen LogP contribution in [0.2, 0.25) is 5.02 Å². The highest BCUT2D eigenvalue weighted by molar-refractivity contribution is 9.10. The summed E-state index contributed by atoms with van der Waals surface area (Å²) in [7, 11) is 1.65. The van der Waals surface area contributed by atoms with Crippen LogP contribution >= 0.6 is 27.5 Å². The topological polar surface area (TPSA) is 21.3 Å². The second-order valence-electron chi connectivity index (χ2n) is 5.18. The summed E-state index contributed by atoms with van der Waals surface area (Å²) in [4.78, 5) is 0. The summed E-state index contributed by atoms with van der Waals surface area (Å²) in [5, 5.41) is 4.08. The van der Waals surface area contributed by atoms with E-state index >= 15 is 0 Å². The van der Waals surface area contributed by atoms with Gasteiger partial charge in [-0.1, -0.05) is 23.7 Å². The van der Waals surface area contributed by atoms with Gasteiger partial charge < -0.3 is 10.1 Å². The standard InChI is InChI=1S/C17H19BrClNO/c1-10-5-12(3)13(6-11(10)2)9-20-16-8-14(19)7-15(18)17(16)21-4/h5-8,20H,9H2,1-4H3. The zero-order valence-corrected chi connectivity index (χ0v) is 15.0. The highest BCUT2D eigenvalue weighted by Gasteiger charge is 2.10. The van der Waals surface area contributed by atoms with Crippen LogP contribution in [-0.2, 0) is 6.54 Å². The van der Waals surface area contributed by atoms with E-state index in [1.807, 2.05) is 12.1 Å². The fraction of sp³-hybridized carbons (Fsp3) is 0.294. The van der Waals surface area contributed by atoms with Gasteiger partial charge in [-0.05, 0) is 71.1 Å². The summed E-state index contributed by atoms with van der Waals surface area (Å²) < 4.78 is 6.27. The molecule has 0 aliphatic rings. The molecule has 0 unspecified atom stereocenters. The number of hydrogen-bond acceptors (Lipinski definition) is 2. The van der Waals surface area contributed by atoms with Crippen molar-refractivity contribution >= 4 is 33.2 Å². The Kier molecular flexibility index (Phi) is 5.17. The summed E-state index contributed by atoms with van der Waals surface area (Å²) in [6, 6.07) is 8.15. The number of aryl methyl sites for hydroxylation is 3. The number of anilines is 1. The van der Waals surface area contributed by atoms with Crippen molar-refractivity contribution in [2.24, 2.45) is 0 Å². The molecular weight excluding hydrogens is 350 g/mol. The minimum Gasteiger partial charge on any atom is -0.493 e. The maximum atomic E-state index is 6.11. The lowest BCUT2D eigenvalue weighted by Crippen LogP contribution is -2.04. The van der Waals surface area contributed by atoms with Gasteiger partial charge >= 0.3 is 0 Å². The Morgan fingerprint density at radius 2 is 1.71 bits per heavy atom. The molecule has 4 heteroatoms. The van der Waals surface area contributed by atoms with Crippen molar-refractivity contribution < 1.29 is 4.74 Å². The molecular formula is C17H19BrClNO. The molecule has 0 bridgehead atoms. The van der Waals surface area contributed by atoms with Crippen molar-refractivity contribution in [1.29, 1.82) is 0 Å². The zero-order valence-electron chi connectivity index (χ0n) is 12.7. The average molecular weight is 369 g/mol. The highest BCUT2D eigenvalue weighted by atomic mass is 79.9. The number of hydrogen-bond donors (Lipinski definition) is 1. The Hall–Kier alpha value is -1.19. The van der Waals surface area contributed by atoms with Crippen molar-refractivity contribution in [2.75, 3.05) is 12.4 Å². The lowest BCUT2D eigenvalue weighted by atomic mass is 10.0. The van der Waals surface area contributed by atoms with Crippen molar-refractivity contribution in [3.05, 3.63) is 56.0 Å². The van der Waals surface area contributed by atoms with Gasteiger partial charge in [0.25, 0.3) is 0 Å². The minimum atomic E-state index is 0.669. The van der Waals surface area contributed by atoms with Crippen LogP contribution in [0, 0.1) is 20.8 Å². The fourth-order valence-corrected chi connectivity index (χ4v) is 3.27. The van der Waals surface area contributed by atoms with E-state index in [-0.39, 0.29) is 0 Å². The Labute approximate surface area is 139 Å². The minimum absolute atomic E-state index is 0.669. The number of nitrogens with one attached hydrogen (secondary N) is 1. The molecule has 0 aliphatic heterocycles. The molecule has 0 heterocycles. The van der Waals surface area contributed by atoms with E-state index in [9.17, 15) is 0 Å². The van der Waals surface area contributed by atoms with Crippen LogP contribution in [0.3, 0.4) is 0 Å². The predicted octanol–water partition coefficient (Wildman–Crippen LogP) is 5.65. The van der Waals surface area contributed by atoms with E-state index in [0.29, 0.717) is 5.02 Å². The molecule has 2 rings (SSSR count). The van der Waals surface area contributed by atoms with Crippen LogP contribution in [0.4, 0.5) is 5.69 Å². The van der Waals surface area contributed by atoms with Gasteiger partial charge in [0.05, 0.1) is 17.3 Å². The average Bonchev–Trinajstić information content (AvgIpc) is 2.41. The molecule has 0 fully saturated rings. The molecule has 0 saturated heterocycles. The maximum absolute atomic E-state index is 6.11. The molecule has 1 N–H and O–H groups in total. The van der Waals surface area contributed by atoms with Gasteiger partial charge in [-0.2, -0.15) is 0 Å². The molecule has 112 valence electrons. The molecule has 0 radical (unpaired) electrons. The number of rotatable bonds is 4. The summed E-state index contributed by atoms with van der Waals surface area (Å²) in [6.45, 7) is 7.14. The lowest BCUT2D eigenvalue weighted by molar-refractivity contribution is 0.414. The van der Waals surface area contributed by atoms with Gasteiger partial charge in [0.15, 0.2) is 5.75 Å². The smallest absolute Gasteiger partial charge is 0.156 e. The Bertz CT molecular complexity index is 670. The third-order valence-electron chi connectivity index (χ3n) is 3.63. The highest BCUT2D eigenvalue weighted by Crippen LogP contribution is 2.36. The molecule has 0 amide bonds. The van der Waals surface area contributed by atoms with Gasteiger partial charge in [0, 0.05) is 11.6 Å². The third kappa shape index (κ3) is 3.72. The van der Waals surface area contributed by atoms with Crippen molar-refractivity contribution in [2.45, 2.75) is 27.3 Å².